The van der Waals surface area contributed by atoms with Crippen LogP contribution >= 0.6 is 0 Å². The fourth-order valence-electron chi connectivity index (χ4n) is 2.36. The molecule has 15 heavy (non-hydrogen) atoms. The van der Waals surface area contributed by atoms with E-state index in [1.165, 1.54) is 19.4 Å². The molecular weight excluding hydrogens is 186 g/mol. The van der Waals surface area contributed by atoms with E-state index in [9.17, 15) is 0 Å². The van der Waals surface area contributed by atoms with Gasteiger partial charge in [0.05, 0.1) is 0 Å². The van der Waals surface area contributed by atoms with Crippen molar-refractivity contribution in [2.45, 2.75) is 44.7 Å². The molecule has 1 aliphatic rings. The van der Waals surface area contributed by atoms with Crippen LogP contribution in [-0.2, 0) is 0 Å². The van der Waals surface area contributed by atoms with Crippen LogP contribution in [0.3, 0.4) is 0 Å². The van der Waals surface area contributed by atoms with E-state index >= 15 is 0 Å². The van der Waals surface area contributed by atoms with Gasteiger partial charge in [0.2, 0.25) is 0 Å². The standard InChI is InChI=1S/C12H27N3/c1-5-12(2,13)10-14(3)9-11-7-6-8-15(11)4/h11H,5-10,13H2,1-4H3. The highest BCUT2D eigenvalue weighted by Gasteiger charge is 2.24. The zero-order chi connectivity index (χ0) is 11.5. The van der Waals surface area contributed by atoms with Crippen LogP contribution in [0.15, 0.2) is 0 Å². The summed E-state index contributed by atoms with van der Waals surface area (Å²) in [6.45, 7) is 7.71. The molecule has 0 aliphatic carbocycles. The second-order valence-corrected chi connectivity index (χ2v) is 5.48. The summed E-state index contributed by atoms with van der Waals surface area (Å²) >= 11 is 0. The zero-order valence-electron chi connectivity index (χ0n) is 10.8. The molecule has 0 bridgehead atoms. The van der Waals surface area contributed by atoms with Crippen molar-refractivity contribution in [2.24, 2.45) is 5.73 Å². The minimum Gasteiger partial charge on any atom is -0.324 e. The highest BCUT2D eigenvalue weighted by molar-refractivity contribution is 4.84. The number of nitrogens with two attached hydrogens (primary N) is 1. The molecule has 0 aromatic rings. The van der Waals surface area contributed by atoms with E-state index in [0.29, 0.717) is 0 Å². The molecule has 1 aliphatic heterocycles. The highest BCUT2D eigenvalue weighted by Crippen LogP contribution is 2.16. The van der Waals surface area contributed by atoms with Gasteiger partial charge in [-0.15, -0.1) is 0 Å². The van der Waals surface area contributed by atoms with Crippen LogP contribution in [0.2, 0.25) is 0 Å². The maximum Gasteiger partial charge on any atom is 0.0252 e. The lowest BCUT2D eigenvalue weighted by Crippen LogP contribution is -2.48. The Kier molecular flexibility index (Phi) is 4.56. The molecule has 3 nitrogen and oxygen atoms in total. The normalized spacial score (nSPS) is 27.2. The van der Waals surface area contributed by atoms with Crippen molar-refractivity contribution in [3.05, 3.63) is 0 Å². The van der Waals surface area contributed by atoms with Gasteiger partial charge in [0.15, 0.2) is 0 Å². The first kappa shape index (κ1) is 12.9. The molecule has 0 aromatic carbocycles. The van der Waals surface area contributed by atoms with Gasteiger partial charge in [-0.2, -0.15) is 0 Å². The quantitative estimate of drug-likeness (QED) is 0.743. The van der Waals surface area contributed by atoms with Crippen LogP contribution in [0.5, 0.6) is 0 Å². The third kappa shape index (κ3) is 4.09. The lowest BCUT2D eigenvalue weighted by atomic mass is 10.00. The van der Waals surface area contributed by atoms with E-state index in [4.69, 9.17) is 5.73 Å². The SMILES string of the molecule is CCC(C)(N)CN(C)CC1CCCN1C. The second kappa shape index (κ2) is 5.28. The van der Waals surface area contributed by atoms with Crippen LogP contribution in [0, 0.1) is 0 Å². The summed E-state index contributed by atoms with van der Waals surface area (Å²) in [7, 11) is 4.42. The zero-order valence-corrected chi connectivity index (χ0v) is 10.8. The van der Waals surface area contributed by atoms with E-state index in [1.807, 2.05) is 0 Å². The van der Waals surface area contributed by atoms with Gasteiger partial charge in [-0.25, -0.2) is 0 Å². The van der Waals surface area contributed by atoms with E-state index in [2.05, 4.69) is 37.7 Å². The first-order chi connectivity index (χ1) is 6.94. The third-order valence-electron chi connectivity index (χ3n) is 3.63. The molecule has 90 valence electrons. The van der Waals surface area contributed by atoms with Crippen molar-refractivity contribution in [1.29, 1.82) is 0 Å². The van der Waals surface area contributed by atoms with E-state index in [-0.39, 0.29) is 5.54 Å². The molecule has 1 fully saturated rings. The van der Waals surface area contributed by atoms with Gasteiger partial charge in [0.25, 0.3) is 0 Å². The summed E-state index contributed by atoms with van der Waals surface area (Å²) in [6.07, 6.45) is 3.73. The highest BCUT2D eigenvalue weighted by atomic mass is 15.2. The van der Waals surface area contributed by atoms with Gasteiger partial charge in [-0.3, -0.25) is 0 Å². The first-order valence-electron chi connectivity index (χ1n) is 6.12. The van der Waals surface area contributed by atoms with Crippen LogP contribution in [0.4, 0.5) is 0 Å². The third-order valence-corrected chi connectivity index (χ3v) is 3.63. The minimum absolute atomic E-state index is 0.0358. The van der Waals surface area contributed by atoms with Gasteiger partial charge < -0.3 is 15.5 Å². The minimum atomic E-state index is -0.0358. The first-order valence-corrected chi connectivity index (χ1v) is 6.12. The topological polar surface area (TPSA) is 32.5 Å². The van der Waals surface area contributed by atoms with Crippen molar-refractivity contribution in [3.8, 4) is 0 Å². The predicted octanol–water partition coefficient (Wildman–Crippen LogP) is 1.14. The second-order valence-electron chi connectivity index (χ2n) is 5.48. The molecule has 1 heterocycles. The number of hydrogen-bond acceptors (Lipinski definition) is 3. The van der Waals surface area contributed by atoms with E-state index < -0.39 is 0 Å². The molecular formula is C12H27N3. The van der Waals surface area contributed by atoms with Gasteiger partial charge in [0.1, 0.15) is 0 Å². The Morgan fingerprint density at radius 2 is 2.20 bits per heavy atom. The largest absolute Gasteiger partial charge is 0.324 e. The summed E-state index contributed by atoms with van der Waals surface area (Å²) in [4.78, 5) is 4.85. The molecule has 0 aromatic heterocycles. The van der Waals surface area contributed by atoms with Crippen LogP contribution in [-0.4, -0.2) is 55.1 Å². The summed E-state index contributed by atoms with van der Waals surface area (Å²) in [5.41, 5.74) is 6.13. The van der Waals surface area contributed by atoms with Gasteiger partial charge in [-0.05, 0) is 46.8 Å². The van der Waals surface area contributed by atoms with Crippen LogP contribution < -0.4 is 5.73 Å². The molecule has 3 heteroatoms. The van der Waals surface area contributed by atoms with Crippen molar-refractivity contribution in [2.75, 3.05) is 33.7 Å². The number of rotatable bonds is 5. The summed E-state index contributed by atoms with van der Waals surface area (Å²) < 4.78 is 0. The lowest BCUT2D eigenvalue weighted by Gasteiger charge is -2.32. The molecule has 2 unspecified atom stereocenters. The molecule has 0 saturated carbocycles. The fraction of sp³-hybridized carbons (Fsp3) is 1.00. The Hall–Kier alpha value is -0.120. The number of nitrogens with zero attached hydrogens (tertiary/aromatic N) is 2. The van der Waals surface area contributed by atoms with Crippen molar-refractivity contribution >= 4 is 0 Å². The van der Waals surface area contributed by atoms with Gasteiger partial charge >= 0.3 is 0 Å². The summed E-state index contributed by atoms with van der Waals surface area (Å²) in [5, 5.41) is 0. The Bertz CT molecular complexity index is 191. The molecule has 1 saturated heterocycles. The lowest BCUT2D eigenvalue weighted by molar-refractivity contribution is 0.190. The van der Waals surface area contributed by atoms with Crippen molar-refractivity contribution in [1.82, 2.24) is 9.80 Å². The predicted molar refractivity (Wildman–Crippen MR) is 66.0 cm³/mol. The maximum absolute atomic E-state index is 6.17. The van der Waals surface area contributed by atoms with E-state index in [0.717, 1.165) is 25.6 Å². The van der Waals surface area contributed by atoms with Gasteiger partial charge in [-0.1, -0.05) is 6.92 Å². The van der Waals surface area contributed by atoms with Crippen molar-refractivity contribution in [3.63, 3.8) is 0 Å². The molecule has 2 N–H and O–H groups in total. The average molecular weight is 213 g/mol. The summed E-state index contributed by atoms with van der Waals surface area (Å²) in [6, 6.07) is 0.739. The van der Waals surface area contributed by atoms with Gasteiger partial charge in [0, 0.05) is 24.7 Å². The smallest absolute Gasteiger partial charge is 0.0252 e. The Morgan fingerprint density at radius 1 is 1.53 bits per heavy atom. The summed E-state index contributed by atoms with van der Waals surface area (Å²) in [5.74, 6) is 0. The Morgan fingerprint density at radius 3 is 2.67 bits per heavy atom. The maximum atomic E-state index is 6.17. The van der Waals surface area contributed by atoms with Crippen LogP contribution in [0.1, 0.15) is 33.1 Å². The number of likely N-dealkylation sites (tertiary alicyclic amines) is 1. The molecule has 1 rings (SSSR count). The van der Waals surface area contributed by atoms with E-state index in [1.54, 1.807) is 0 Å². The molecule has 2 atom stereocenters. The van der Waals surface area contributed by atoms with Crippen molar-refractivity contribution < 1.29 is 0 Å². The molecule has 0 radical (unpaired) electrons. The fourth-order valence-corrected chi connectivity index (χ4v) is 2.36. The molecule has 0 amide bonds. The molecule has 0 spiro atoms. The monoisotopic (exact) mass is 213 g/mol. The Balaban J connectivity index is 2.32. The number of likely N-dealkylation sites (N-methyl/N-ethyl adjacent to an activating group) is 2. The Labute approximate surface area is 94.6 Å². The number of hydrogen-bond donors (Lipinski definition) is 1. The van der Waals surface area contributed by atoms with Crippen LogP contribution in [0.25, 0.3) is 0 Å². The average Bonchev–Trinajstić information content (AvgIpc) is 2.51.